The second-order valence-electron chi connectivity index (χ2n) is 4.65. The highest BCUT2D eigenvalue weighted by atomic mass is 127. The van der Waals surface area contributed by atoms with Crippen molar-refractivity contribution < 1.29 is 0 Å². The van der Waals surface area contributed by atoms with Gasteiger partial charge in [-0.15, -0.1) is 0 Å². The van der Waals surface area contributed by atoms with Crippen molar-refractivity contribution in [1.82, 2.24) is 9.97 Å². The van der Waals surface area contributed by atoms with Gasteiger partial charge in [0.1, 0.15) is 5.82 Å². The fraction of sp³-hybridized carbons (Fsp3) is 0.286. The van der Waals surface area contributed by atoms with Crippen molar-refractivity contribution in [2.24, 2.45) is 0 Å². The second-order valence-corrected chi connectivity index (χ2v) is 5.82. The number of aryl methyl sites for hydroxylation is 1. The molecule has 0 saturated carbocycles. The van der Waals surface area contributed by atoms with Crippen molar-refractivity contribution in [3.05, 3.63) is 61.3 Å². The molecule has 1 aliphatic rings. The van der Waals surface area contributed by atoms with Crippen LogP contribution in [0.15, 0.2) is 35.3 Å². The first-order chi connectivity index (χ1) is 8.74. The van der Waals surface area contributed by atoms with Gasteiger partial charge in [-0.25, -0.2) is 4.98 Å². The molecule has 2 aromatic rings. The van der Waals surface area contributed by atoms with E-state index in [1.807, 2.05) is 22.6 Å². The van der Waals surface area contributed by atoms with Crippen molar-refractivity contribution in [2.45, 2.75) is 25.2 Å². The lowest BCUT2D eigenvalue weighted by molar-refractivity contribution is 0.552. The average molecular weight is 352 g/mol. The fourth-order valence-electron chi connectivity index (χ4n) is 2.53. The molecule has 1 aliphatic carbocycles. The number of aromatic amines is 1. The zero-order chi connectivity index (χ0) is 12.5. The van der Waals surface area contributed by atoms with Crippen molar-refractivity contribution in [1.29, 1.82) is 0 Å². The van der Waals surface area contributed by atoms with Gasteiger partial charge in [-0.3, -0.25) is 4.79 Å². The maximum atomic E-state index is 11.6. The Hall–Kier alpha value is -1.17. The van der Waals surface area contributed by atoms with Crippen LogP contribution in [0.2, 0.25) is 0 Å². The first kappa shape index (κ1) is 11.9. The van der Waals surface area contributed by atoms with Crippen LogP contribution in [0.1, 0.15) is 29.3 Å². The zero-order valence-corrected chi connectivity index (χ0v) is 12.0. The summed E-state index contributed by atoms with van der Waals surface area (Å²) in [7, 11) is 0. The molecule has 1 atom stereocenters. The highest BCUT2D eigenvalue weighted by Crippen LogP contribution is 2.30. The van der Waals surface area contributed by atoms with Crippen LogP contribution in [0.5, 0.6) is 0 Å². The lowest BCUT2D eigenvalue weighted by Gasteiger charge is -2.23. The molecule has 1 unspecified atom stereocenters. The number of hydrogen-bond acceptors (Lipinski definition) is 2. The summed E-state index contributed by atoms with van der Waals surface area (Å²) in [6.07, 6.45) is 4.76. The van der Waals surface area contributed by atoms with Gasteiger partial charge >= 0.3 is 0 Å². The number of halogens is 1. The van der Waals surface area contributed by atoms with Crippen molar-refractivity contribution in [2.75, 3.05) is 0 Å². The minimum atomic E-state index is -0.0283. The molecule has 1 N–H and O–H groups in total. The van der Waals surface area contributed by atoms with E-state index in [0.29, 0.717) is 9.49 Å². The predicted molar refractivity (Wildman–Crippen MR) is 78.8 cm³/mol. The molecule has 0 amide bonds. The van der Waals surface area contributed by atoms with E-state index in [1.54, 1.807) is 6.20 Å². The molecule has 0 radical (unpaired) electrons. The van der Waals surface area contributed by atoms with Crippen molar-refractivity contribution in [3.63, 3.8) is 0 Å². The van der Waals surface area contributed by atoms with Crippen LogP contribution in [0, 0.1) is 3.57 Å². The van der Waals surface area contributed by atoms with Crippen LogP contribution in [0.4, 0.5) is 0 Å². The average Bonchev–Trinajstić information content (AvgIpc) is 2.41. The van der Waals surface area contributed by atoms with Crippen LogP contribution >= 0.6 is 22.6 Å². The predicted octanol–water partition coefficient (Wildman–Crippen LogP) is 2.65. The van der Waals surface area contributed by atoms with Gasteiger partial charge in [0.2, 0.25) is 0 Å². The maximum absolute atomic E-state index is 11.6. The SMILES string of the molecule is O=c1[nH]c(C2CCc3ccccc3C2)ncc1I. The highest BCUT2D eigenvalue weighted by molar-refractivity contribution is 14.1. The van der Waals surface area contributed by atoms with Gasteiger partial charge in [0.05, 0.1) is 3.57 Å². The van der Waals surface area contributed by atoms with E-state index < -0.39 is 0 Å². The van der Waals surface area contributed by atoms with Gasteiger partial charge in [-0.2, -0.15) is 0 Å². The van der Waals surface area contributed by atoms with Crippen molar-refractivity contribution >= 4 is 22.6 Å². The molecule has 92 valence electrons. The van der Waals surface area contributed by atoms with Crippen LogP contribution in [0.3, 0.4) is 0 Å². The first-order valence-electron chi connectivity index (χ1n) is 6.05. The summed E-state index contributed by atoms with van der Waals surface area (Å²) in [5.74, 6) is 1.17. The Morgan fingerprint density at radius 2 is 2.06 bits per heavy atom. The van der Waals surface area contributed by atoms with E-state index >= 15 is 0 Å². The van der Waals surface area contributed by atoms with Gasteiger partial charge in [0.25, 0.3) is 5.56 Å². The van der Waals surface area contributed by atoms with E-state index in [1.165, 1.54) is 11.1 Å². The maximum Gasteiger partial charge on any atom is 0.264 e. The lowest BCUT2D eigenvalue weighted by atomic mass is 9.83. The molecule has 0 bridgehead atoms. The van der Waals surface area contributed by atoms with Crippen LogP contribution in [-0.4, -0.2) is 9.97 Å². The fourth-order valence-corrected chi connectivity index (χ4v) is 2.81. The quantitative estimate of drug-likeness (QED) is 0.802. The Balaban J connectivity index is 1.92. The van der Waals surface area contributed by atoms with Crippen molar-refractivity contribution in [3.8, 4) is 0 Å². The van der Waals surface area contributed by atoms with Crippen LogP contribution in [0.25, 0.3) is 0 Å². The number of H-pyrrole nitrogens is 1. The highest BCUT2D eigenvalue weighted by Gasteiger charge is 2.21. The molecule has 0 spiro atoms. The second kappa shape index (κ2) is 4.84. The number of rotatable bonds is 1. The number of aromatic nitrogens is 2. The van der Waals surface area contributed by atoms with Gasteiger partial charge < -0.3 is 4.98 Å². The normalized spacial score (nSPS) is 18.4. The number of fused-ring (bicyclic) bond motifs is 1. The third kappa shape index (κ3) is 2.21. The third-order valence-electron chi connectivity index (χ3n) is 3.51. The molecule has 1 heterocycles. The van der Waals surface area contributed by atoms with E-state index in [0.717, 1.165) is 25.1 Å². The van der Waals surface area contributed by atoms with E-state index in [-0.39, 0.29) is 5.56 Å². The molecule has 0 aliphatic heterocycles. The number of nitrogens with one attached hydrogen (secondary N) is 1. The van der Waals surface area contributed by atoms with Gasteiger partial charge in [0.15, 0.2) is 0 Å². The Labute approximate surface area is 119 Å². The largest absolute Gasteiger partial charge is 0.309 e. The van der Waals surface area contributed by atoms with Crippen LogP contribution in [-0.2, 0) is 12.8 Å². The van der Waals surface area contributed by atoms with Gasteiger partial charge in [-0.05, 0) is 53.0 Å². The Kier molecular flexibility index (Phi) is 3.20. The van der Waals surface area contributed by atoms with Crippen LogP contribution < -0.4 is 5.56 Å². The lowest BCUT2D eigenvalue weighted by Crippen LogP contribution is -2.20. The molecule has 0 fully saturated rings. The molecule has 1 aromatic carbocycles. The summed E-state index contributed by atoms with van der Waals surface area (Å²) in [5, 5.41) is 0. The van der Waals surface area contributed by atoms with Gasteiger partial charge in [-0.1, -0.05) is 24.3 Å². The minimum Gasteiger partial charge on any atom is -0.309 e. The number of hydrogen-bond donors (Lipinski definition) is 1. The summed E-state index contributed by atoms with van der Waals surface area (Å²) in [5.41, 5.74) is 2.79. The number of nitrogens with zero attached hydrogens (tertiary/aromatic N) is 1. The zero-order valence-electron chi connectivity index (χ0n) is 9.82. The minimum absolute atomic E-state index is 0.0283. The Morgan fingerprint density at radius 1 is 1.28 bits per heavy atom. The Bertz CT molecular complexity index is 636. The molecule has 3 rings (SSSR count). The summed E-state index contributed by atoms with van der Waals surface area (Å²) in [6, 6.07) is 8.53. The van der Waals surface area contributed by atoms with Gasteiger partial charge in [0, 0.05) is 12.1 Å². The Morgan fingerprint density at radius 3 is 2.83 bits per heavy atom. The monoisotopic (exact) mass is 352 g/mol. The molecule has 18 heavy (non-hydrogen) atoms. The summed E-state index contributed by atoms with van der Waals surface area (Å²) in [6.45, 7) is 0. The summed E-state index contributed by atoms with van der Waals surface area (Å²) < 4.78 is 0.646. The first-order valence-corrected chi connectivity index (χ1v) is 7.13. The van der Waals surface area contributed by atoms with E-state index in [4.69, 9.17) is 0 Å². The van der Waals surface area contributed by atoms with E-state index in [2.05, 4.69) is 34.2 Å². The molecule has 1 aromatic heterocycles. The molecule has 0 saturated heterocycles. The summed E-state index contributed by atoms with van der Waals surface area (Å²) in [4.78, 5) is 18.9. The molecular formula is C14H13IN2O. The summed E-state index contributed by atoms with van der Waals surface area (Å²) >= 11 is 2.01. The third-order valence-corrected chi connectivity index (χ3v) is 4.28. The molecular weight excluding hydrogens is 339 g/mol. The molecule has 3 nitrogen and oxygen atoms in total. The standard InChI is InChI=1S/C14H13IN2O/c15-12-8-16-13(17-14(12)18)11-6-5-9-3-1-2-4-10(9)7-11/h1-4,8,11H,5-7H2,(H,16,17,18). The number of benzene rings is 1. The topological polar surface area (TPSA) is 45.8 Å². The smallest absolute Gasteiger partial charge is 0.264 e. The van der Waals surface area contributed by atoms with E-state index in [9.17, 15) is 4.79 Å². The molecule has 4 heteroatoms.